The smallest absolute Gasteiger partial charge is 0.341 e. The SMILES string of the molecule is COC(=O)c1c(NC(=O)/C=C/c2ccc(C)cc2)sc2c1CCCCCC2. The van der Waals surface area contributed by atoms with E-state index >= 15 is 0 Å². The first-order valence-corrected chi connectivity index (χ1v) is 10.2. The number of thiophene rings is 1. The lowest BCUT2D eigenvalue weighted by Gasteiger charge is -2.10. The van der Waals surface area contributed by atoms with Crippen LogP contribution in [0.2, 0.25) is 0 Å². The van der Waals surface area contributed by atoms with Crippen molar-refractivity contribution in [3.63, 3.8) is 0 Å². The maximum Gasteiger partial charge on any atom is 0.341 e. The molecule has 142 valence electrons. The van der Waals surface area contributed by atoms with Gasteiger partial charge in [-0.25, -0.2) is 4.79 Å². The average Bonchev–Trinajstić information content (AvgIpc) is 2.96. The van der Waals surface area contributed by atoms with Crippen LogP contribution in [0.25, 0.3) is 6.08 Å². The van der Waals surface area contributed by atoms with E-state index in [0.29, 0.717) is 10.6 Å². The summed E-state index contributed by atoms with van der Waals surface area (Å²) in [6.07, 6.45) is 9.68. The number of methoxy groups -OCH3 is 1. The Bertz CT molecular complexity index is 849. The molecule has 0 aliphatic heterocycles. The number of fused-ring (bicyclic) bond motifs is 1. The van der Waals surface area contributed by atoms with Crippen molar-refractivity contribution >= 4 is 34.3 Å². The second kappa shape index (κ2) is 9.00. The van der Waals surface area contributed by atoms with Crippen molar-refractivity contribution in [2.75, 3.05) is 12.4 Å². The first-order valence-electron chi connectivity index (χ1n) is 9.37. The maximum absolute atomic E-state index is 12.4. The highest BCUT2D eigenvalue weighted by molar-refractivity contribution is 7.17. The highest BCUT2D eigenvalue weighted by Crippen LogP contribution is 2.37. The Labute approximate surface area is 164 Å². The molecule has 0 fully saturated rings. The standard InChI is InChI=1S/C22H25NO3S/c1-15-9-11-16(12-10-15)13-14-19(24)23-21-20(22(25)26-2)17-7-5-3-4-6-8-18(17)27-21/h9-14H,3-8H2,1-2H3,(H,23,24)/b14-13+. The van der Waals surface area contributed by atoms with Crippen molar-refractivity contribution in [1.82, 2.24) is 0 Å². The number of nitrogens with one attached hydrogen (secondary N) is 1. The van der Waals surface area contributed by atoms with Gasteiger partial charge in [-0.15, -0.1) is 11.3 Å². The average molecular weight is 384 g/mol. The van der Waals surface area contributed by atoms with Crippen LogP contribution in [0, 0.1) is 6.92 Å². The monoisotopic (exact) mass is 383 g/mol. The van der Waals surface area contributed by atoms with Gasteiger partial charge in [-0.1, -0.05) is 42.7 Å². The van der Waals surface area contributed by atoms with Crippen LogP contribution in [0.5, 0.6) is 0 Å². The molecule has 1 aromatic carbocycles. The van der Waals surface area contributed by atoms with Crippen LogP contribution < -0.4 is 5.32 Å². The molecule has 0 atom stereocenters. The third kappa shape index (κ3) is 4.86. The molecule has 4 nitrogen and oxygen atoms in total. The number of esters is 1. The number of benzene rings is 1. The van der Waals surface area contributed by atoms with Crippen LogP contribution in [0.15, 0.2) is 30.3 Å². The molecule has 3 rings (SSSR count). The van der Waals surface area contributed by atoms with Gasteiger partial charge in [-0.3, -0.25) is 4.79 Å². The van der Waals surface area contributed by atoms with E-state index in [1.165, 1.54) is 47.8 Å². The summed E-state index contributed by atoms with van der Waals surface area (Å²) in [6, 6.07) is 7.95. The fourth-order valence-electron chi connectivity index (χ4n) is 3.33. The van der Waals surface area contributed by atoms with Gasteiger partial charge in [0.1, 0.15) is 5.00 Å². The molecule has 0 bridgehead atoms. The third-order valence-corrected chi connectivity index (χ3v) is 6.01. The van der Waals surface area contributed by atoms with Gasteiger partial charge < -0.3 is 10.1 Å². The molecule has 1 aliphatic rings. The van der Waals surface area contributed by atoms with Gasteiger partial charge in [0, 0.05) is 11.0 Å². The zero-order chi connectivity index (χ0) is 19.2. The topological polar surface area (TPSA) is 55.4 Å². The van der Waals surface area contributed by atoms with Crippen molar-refractivity contribution in [3.8, 4) is 0 Å². The van der Waals surface area contributed by atoms with Gasteiger partial charge in [0.15, 0.2) is 0 Å². The second-order valence-electron chi connectivity index (χ2n) is 6.85. The highest BCUT2D eigenvalue weighted by Gasteiger charge is 2.25. The van der Waals surface area contributed by atoms with E-state index in [-0.39, 0.29) is 11.9 Å². The molecule has 0 spiro atoms. The second-order valence-corrected chi connectivity index (χ2v) is 7.95. The van der Waals surface area contributed by atoms with Crippen LogP contribution >= 0.6 is 11.3 Å². The lowest BCUT2D eigenvalue weighted by molar-refractivity contribution is -0.111. The summed E-state index contributed by atoms with van der Waals surface area (Å²) in [5, 5.41) is 3.50. The zero-order valence-electron chi connectivity index (χ0n) is 15.8. The van der Waals surface area contributed by atoms with Crippen molar-refractivity contribution < 1.29 is 14.3 Å². The number of rotatable bonds is 4. The number of hydrogen-bond donors (Lipinski definition) is 1. The minimum absolute atomic E-state index is 0.241. The maximum atomic E-state index is 12.4. The number of hydrogen-bond acceptors (Lipinski definition) is 4. The number of amides is 1. The molecule has 1 amide bonds. The Kier molecular flexibility index (Phi) is 6.45. The predicted octanol–water partition coefficient (Wildman–Crippen LogP) is 5.15. The summed E-state index contributed by atoms with van der Waals surface area (Å²) in [6.45, 7) is 2.03. The minimum atomic E-state index is -0.370. The molecule has 1 heterocycles. The van der Waals surface area contributed by atoms with Gasteiger partial charge in [-0.05, 0) is 49.8 Å². The van der Waals surface area contributed by atoms with E-state index in [1.54, 1.807) is 6.08 Å². The molecule has 0 unspecified atom stereocenters. The molecular formula is C22H25NO3S. The van der Waals surface area contributed by atoms with Gasteiger partial charge >= 0.3 is 5.97 Å². The number of carbonyl (C=O) groups excluding carboxylic acids is 2. The van der Waals surface area contributed by atoms with Crippen molar-refractivity contribution in [3.05, 3.63) is 57.5 Å². The van der Waals surface area contributed by atoms with E-state index < -0.39 is 0 Å². The Hall–Kier alpha value is -2.40. The van der Waals surface area contributed by atoms with Crippen molar-refractivity contribution in [2.24, 2.45) is 0 Å². The largest absolute Gasteiger partial charge is 0.465 e. The van der Waals surface area contributed by atoms with Crippen LogP contribution in [-0.4, -0.2) is 19.0 Å². The first kappa shape index (κ1) is 19.4. The highest BCUT2D eigenvalue weighted by atomic mass is 32.1. The summed E-state index contributed by atoms with van der Waals surface area (Å²) in [7, 11) is 1.39. The number of carbonyl (C=O) groups is 2. The molecule has 1 N–H and O–H groups in total. The summed E-state index contributed by atoms with van der Waals surface area (Å²) in [5.74, 6) is -0.610. The Morgan fingerprint density at radius 3 is 2.48 bits per heavy atom. The molecule has 5 heteroatoms. The van der Waals surface area contributed by atoms with Gasteiger partial charge in [0.2, 0.25) is 5.91 Å². The van der Waals surface area contributed by atoms with E-state index in [2.05, 4.69) is 5.32 Å². The minimum Gasteiger partial charge on any atom is -0.465 e. The summed E-state index contributed by atoms with van der Waals surface area (Å²) < 4.78 is 4.99. The quantitative estimate of drug-likeness (QED) is 0.586. The van der Waals surface area contributed by atoms with E-state index in [0.717, 1.165) is 36.8 Å². The number of ether oxygens (including phenoxy) is 1. The van der Waals surface area contributed by atoms with Crippen LogP contribution in [-0.2, 0) is 22.4 Å². The summed E-state index contributed by atoms with van der Waals surface area (Å²) >= 11 is 1.51. The fourth-order valence-corrected chi connectivity index (χ4v) is 4.61. The summed E-state index contributed by atoms with van der Waals surface area (Å²) in [5.41, 5.74) is 3.73. The predicted molar refractivity (Wildman–Crippen MR) is 110 cm³/mol. The molecule has 27 heavy (non-hydrogen) atoms. The molecule has 0 saturated heterocycles. The van der Waals surface area contributed by atoms with E-state index in [1.807, 2.05) is 31.2 Å². The Morgan fingerprint density at radius 1 is 1.07 bits per heavy atom. The molecular weight excluding hydrogens is 358 g/mol. The molecule has 0 saturated carbocycles. The lowest BCUT2D eigenvalue weighted by Crippen LogP contribution is -2.12. The van der Waals surface area contributed by atoms with Crippen LogP contribution in [0.4, 0.5) is 5.00 Å². The number of anilines is 1. The summed E-state index contributed by atoms with van der Waals surface area (Å²) in [4.78, 5) is 26.0. The molecule has 1 aliphatic carbocycles. The van der Waals surface area contributed by atoms with E-state index in [9.17, 15) is 9.59 Å². The van der Waals surface area contributed by atoms with Gasteiger partial charge in [0.25, 0.3) is 0 Å². The van der Waals surface area contributed by atoms with Crippen LogP contribution in [0.3, 0.4) is 0 Å². The molecule has 0 radical (unpaired) electrons. The van der Waals surface area contributed by atoms with E-state index in [4.69, 9.17) is 4.74 Å². The Morgan fingerprint density at radius 2 is 1.78 bits per heavy atom. The lowest BCUT2D eigenvalue weighted by atomic mass is 9.96. The third-order valence-electron chi connectivity index (χ3n) is 4.80. The Balaban J connectivity index is 1.82. The normalized spacial score (nSPS) is 14.3. The number of aryl methyl sites for hydroxylation is 2. The molecule has 2 aromatic rings. The van der Waals surface area contributed by atoms with Crippen LogP contribution in [0.1, 0.15) is 57.6 Å². The van der Waals surface area contributed by atoms with Gasteiger partial charge in [0.05, 0.1) is 12.7 Å². The fraction of sp³-hybridized carbons (Fsp3) is 0.364. The van der Waals surface area contributed by atoms with Crippen molar-refractivity contribution in [1.29, 1.82) is 0 Å². The van der Waals surface area contributed by atoms with Crippen molar-refractivity contribution in [2.45, 2.75) is 45.4 Å². The first-order chi connectivity index (χ1) is 13.1. The van der Waals surface area contributed by atoms with Gasteiger partial charge in [-0.2, -0.15) is 0 Å². The zero-order valence-corrected chi connectivity index (χ0v) is 16.7. The molecule has 1 aromatic heterocycles.